The monoisotopic (exact) mass is 266 g/mol. The van der Waals surface area contributed by atoms with Crippen molar-refractivity contribution >= 4 is 29.5 Å². The smallest absolute Gasteiger partial charge is 0.256 e. The van der Waals surface area contributed by atoms with E-state index in [0.717, 1.165) is 34.5 Å². The summed E-state index contributed by atoms with van der Waals surface area (Å²) in [4.78, 5) is 26.2. The Kier molecular flexibility index (Phi) is 2.79. The van der Waals surface area contributed by atoms with Gasteiger partial charge in [-0.2, -0.15) is 0 Å². The molecule has 2 heterocycles. The average molecular weight is 266 g/mol. The van der Waals surface area contributed by atoms with Crippen molar-refractivity contribution < 1.29 is 9.59 Å². The lowest BCUT2D eigenvalue weighted by atomic mass is 10.0. The zero-order valence-corrected chi connectivity index (χ0v) is 11.3. The first-order valence-corrected chi connectivity index (χ1v) is 6.38. The van der Waals surface area contributed by atoms with Crippen LogP contribution in [0.4, 0.5) is 5.69 Å². The second-order valence-corrected chi connectivity index (χ2v) is 4.88. The van der Waals surface area contributed by atoms with Crippen LogP contribution < -0.4 is 5.32 Å². The van der Waals surface area contributed by atoms with Crippen LogP contribution >= 0.6 is 0 Å². The predicted molar refractivity (Wildman–Crippen MR) is 78.6 cm³/mol. The molecule has 3 rings (SSSR count). The molecule has 0 unspecified atom stereocenters. The van der Waals surface area contributed by atoms with Gasteiger partial charge in [0.05, 0.1) is 5.57 Å². The molecule has 0 spiro atoms. The fourth-order valence-corrected chi connectivity index (χ4v) is 2.54. The lowest BCUT2D eigenvalue weighted by Gasteiger charge is -1.98. The van der Waals surface area contributed by atoms with Crippen molar-refractivity contribution in [3.8, 4) is 0 Å². The molecule has 0 fully saturated rings. The second kappa shape index (κ2) is 4.49. The summed E-state index contributed by atoms with van der Waals surface area (Å²) in [5.74, 6) is -0.120. The summed E-state index contributed by atoms with van der Waals surface area (Å²) in [6.45, 7) is 3.72. The lowest BCUT2D eigenvalue weighted by molar-refractivity contribution is -0.110. The molecule has 100 valence electrons. The first-order valence-electron chi connectivity index (χ1n) is 6.38. The Morgan fingerprint density at radius 3 is 2.60 bits per heavy atom. The molecule has 0 saturated heterocycles. The van der Waals surface area contributed by atoms with E-state index < -0.39 is 0 Å². The summed E-state index contributed by atoms with van der Waals surface area (Å²) < 4.78 is 0. The highest BCUT2D eigenvalue weighted by Crippen LogP contribution is 2.33. The number of aromatic nitrogens is 1. The SMILES string of the molecule is Cc1[nH]c(/C=C2\C(=O)Nc3ccccc32)c(C)c1C=O. The minimum Gasteiger partial charge on any atom is -0.358 e. The van der Waals surface area contributed by atoms with Crippen molar-refractivity contribution in [1.82, 2.24) is 4.98 Å². The third-order valence-electron chi connectivity index (χ3n) is 3.65. The van der Waals surface area contributed by atoms with Crippen LogP contribution in [0.25, 0.3) is 11.6 Å². The van der Waals surface area contributed by atoms with Gasteiger partial charge in [0.25, 0.3) is 5.91 Å². The zero-order chi connectivity index (χ0) is 14.3. The molecule has 1 aliphatic rings. The van der Waals surface area contributed by atoms with Crippen LogP contribution in [0.2, 0.25) is 0 Å². The van der Waals surface area contributed by atoms with E-state index in [4.69, 9.17) is 0 Å². The second-order valence-electron chi connectivity index (χ2n) is 4.88. The molecule has 1 aromatic carbocycles. The summed E-state index contributed by atoms with van der Waals surface area (Å²) >= 11 is 0. The van der Waals surface area contributed by atoms with Gasteiger partial charge < -0.3 is 10.3 Å². The van der Waals surface area contributed by atoms with Gasteiger partial charge in [0.15, 0.2) is 6.29 Å². The van der Waals surface area contributed by atoms with E-state index >= 15 is 0 Å². The number of aryl methyl sites for hydroxylation is 1. The number of aromatic amines is 1. The Balaban J connectivity index is 2.14. The average Bonchev–Trinajstić information content (AvgIpc) is 2.88. The van der Waals surface area contributed by atoms with E-state index in [-0.39, 0.29) is 5.91 Å². The van der Waals surface area contributed by atoms with Crippen molar-refractivity contribution in [2.24, 2.45) is 0 Å². The van der Waals surface area contributed by atoms with E-state index in [9.17, 15) is 9.59 Å². The highest BCUT2D eigenvalue weighted by molar-refractivity contribution is 6.34. The molecule has 4 nitrogen and oxygen atoms in total. The van der Waals surface area contributed by atoms with Crippen LogP contribution in [0.3, 0.4) is 0 Å². The third kappa shape index (κ3) is 1.77. The number of aldehydes is 1. The third-order valence-corrected chi connectivity index (χ3v) is 3.65. The van der Waals surface area contributed by atoms with Gasteiger partial charge in [-0.05, 0) is 31.6 Å². The number of carbonyl (C=O) groups excluding carboxylic acids is 2. The van der Waals surface area contributed by atoms with Crippen LogP contribution in [0.5, 0.6) is 0 Å². The highest BCUT2D eigenvalue weighted by Gasteiger charge is 2.24. The van der Waals surface area contributed by atoms with E-state index in [1.54, 1.807) is 6.08 Å². The summed E-state index contributed by atoms with van der Waals surface area (Å²) in [5, 5.41) is 2.83. The van der Waals surface area contributed by atoms with Gasteiger partial charge in [-0.3, -0.25) is 9.59 Å². The molecule has 0 saturated carbocycles. The molecule has 2 aromatic rings. The number of carbonyl (C=O) groups is 2. The number of hydrogen-bond acceptors (Lipinski definition) is 2. The molecule has 20 heavy (non-hydrogen) atoms. The molecule has 0 bridgehead atoms. The largest absolute Gasteiger partial charge is 0.358 e. The molecule has 2 N–H and O–H groups in total. The maximum absolute atomic E-state index is 12.0. The molecule has 1 aromatic heterocycles. The van der Waals surface area contributed by atoms with Crippen LogP contribution in [0.15, 0.2) is 24.3 Å². The van der Waals surface area contributed by atoms with Gasteiger partial charge in [-0.15, -0.1) is 0 Å². The van der Waals surface area contributed by atoms with Gasteiger partial charge in [0.1, 0.15) is 0 Å². The summed E-state index contributed by atoms with van der Waals surface area (Å²) in [7, 11) is 0. The summed E-state index contributed by atoms with van der Waals surface area (Å²) in [6, 6.07) is 7.57. The lowest BCUT2D eigenvalue weighted by Crippen LogP contribution is -2.03. The number of hydrogen-bond donors (Lipinski definition) is 2. The van der Waals surface area contributed by atoms with Gasteiger partial charge in [-0.1, -0.05) is 18.2 Å². The predicted octanol–water partition coefficient (Wildman–Crippen LogP) is 2.94. The Hall–Kier alpha value is -2.62. The maximum atomic E-state index is 12.0. The normalized spacial score (nSPS) is 15.3. The van der Waals surface area contributed by atoms with E-state index in [1.807, 2.05) is 38.1 Å². The first kappa shape index (κ1) is 12.4. The molecule has 1 aliphatic heterocycles. The van der Waals surface area contributed by atoms with Crippen LogP contribution in [0, 0.1) is 13.8 Å². The standard InChI is InChI=1S/C16H14N2O2/c1-9-13(8-19)10(2)17-15(9)7-12-11-5-3-4-6-14(11)18-16(12)20/h3-8,17H,1-2H3,(H,18,20)/b12-7-. The van der Waals surface area contributed by atoms with E-state index in [0.29, 0.717) is 11.1 Å². The fourth-order valence-electron chi connectivity index (χ4n) is 2.54. The summed E-state index contributed by atoms with van der Waals surface area (Å²) in [5.41, 5.74) is 5.45. The Morgan fingerprint density at radius 2 is 1.90 bits per heavy atom. The van der Waals surface area contributed by atoms with Gasteiger partial charge in [0.2, 0.25) is 0 Å². The maximum Gasteiger partial charge on any atom is 0.256 e. The van der Waals surface area contributed by atoms with Crippen molar-refractivity contribution in [1.29, 1.82) is 0 Å². The number of para-hydroxylation sites is 1. The Bertz CT molecular complexity index is 754. The van der Waals surface area contributed by atoms with E-state index in [2.05, 4.69) is 10.3 Å². The topological polar surface area (TPSA) is 62.0 Å². The fraction of sp³-hybridized carbons (Fsp3) is 0.125. The number of rotatable bonds is 2. The molecule has 0 atom stereocenters. The van der Waals surface area contributed by atoms with Crippen molar-refractivity contribution in [3.63, 3.8) is 0 Å². The Labute approximate surface area is 116 Å². The van der Waals surface area contributed by atoms with Crippen LogP contribution in [0.1, 0.15) is 32.9 Å². The van der Waals surface area contributed by atoms with Crippen molar-refractivity contribution in [2.75, 3.05) is 5.32 Å². The van der Waals surface area contributed by atoms with Gasteiger partial charge in [-0.25, -0.2) is 0 Å². The molecule has 1 amide bonds. The first-order chi connectivity index (χ1) is 9.61. The number of anilines is 1. The van der Waals surface area contributed by atoms with Gasteiger partial charge in [0, 0.05) is 28.2 Å². The number of H-pyrrole nitrogens is 1. The van der Waals surface area contributed by atoms with Crippen LogP contribution in [-0.4, -0.2) is 17.2 Å². The van der Waals surface area contributed by atoms with E-state index in [1.165, 1.54) is 0 Å². The number of benzene rings is 1. The molecular formula is C16H14N2O2. The van der Waals surface area contributed by atoms with Crippen LogP contribution in [-0.2, 0) is 4.79 Å². The molecule has 0 radical (unpaired) electrons. The molecular weight excluding hydrogens is 252 g/mol. The minimum atomic E-state index is -0.120. The Morgan fingerprint density at radius 1 is 1.15 bits per heavy atom. The quantitative estimate of drug-likeness (QED) is 0.648. The van der Waals surface area contributed by atoms with Crippen molar-refractivity contribution in [2.45, 2.75) is 13.8 Å². The number of amides is 1. The zero-order valence-electron chi connectivity index (χ0n) is 11.3. The summed E-state index contributed by atoms with van der Waals surface area (Å²) in [6.07, 6.45) is 2.64. The molecule has 0 aliphatic carbocycles. The minimum absolute atomic E-state index is 0.120. The number of fused-ring (bicyclic) bond motifs is 1. The van der Waals surface area contributed by atoms with Crippen molar-refractivity contribution in [3.05, 3.63) is 52.3 Å². The number of nitrogens with one attached hydrogen (secondary N) is 2. The highest BCUT2D eigenvalue weighted by atomic mass is 16.2. The van der Waals surface area contributed by atoms with Gasteiger partial charge >= 0.3 is 0 Å². The molecule has 4 heteroatoms.